The highest BCUT2D eigenvalue weighted by atomic mass is 35.5. The summed E-state index contributed by atoms with van der Waals surface area (Å²) in [6, 6.07) is 12.2. The molecule has 2 aromatic rings. The second-order valence-corrected chi connectivity index (χ2v) is 5.43. The second kappa shape index (κ2) is 8.04. The van der Waals surface area contributed by atoms with Crippen molar-refractivity contribution in [3.63, 3.8) is 0 Å². The van der Waals surface area contributed by atoms with Crippen molar-refractivity contribution in [1.82, 2.24) is 5.32 Å². The monoisotopic (exact) mass is 310 g/mol. The van der Waals surface area contributed by atoms with Gasteiger partial charge < -0.3 is 11.1 Å². The van der Waals surface area contributed by atoms with E-state index in [1.54, 1.807) is 11.3 Å². The SMILES string of the molecule is Cc1ccsc1C(Cc1ccccc1)NC(=O)CN.Cl. The first kappa shape index (κ1) is 16.7. The molecule has 1 atom stereocenters. The van der Waals surface area contributed by atoms with Crippen molar-refractivity contribution in [1.29, 1.82) is 0 Å². The normalized spacial score (nSPS) is 11.5. The fraction of sp³-hybridized carbons (Fsp3) is 0.267. The molecule has 2 rings (SSSR count). The molecule has 3 N–H and O–H groups in total. The van der Waals surface area contributed by atoms with Crippen LogP contribution in [0.15, 0.2) is 41.8 Å². The van der Waals surface area contributed by atoms with Gasteiger partial charge in [0.2, 0.25) is 5.91 Å². The van der Waals surface area contributed by atoms with E-state index in [0.717, 1.165) is 6.42 Å². The summed E-state index contributed by atoms with van der Waals surface area (Å²) in [5, 5.41) is 5.06. The lowest BCUT2D eigenvalue weighted by Gasteiger charge is -2.18. The zero-order valence-corrected chi connectivity index (χ0v) is 13.0. The average Bonchev–Trinajstić information content (AvgIpc) is 2.85. The summed E-state index contributed by atoms with van der Waals surface area (Å²) in [7, 11) is 0. The number of hydrogen-bond donors (Lipinski definition) is 2. The van der Waals surface area contributed by atoms with E-state index in [-0.39, 0.29) is 30.9 Å². The van der Waals surface area contributed by atoms with E-state index in [4.69, 9.17) is 5.73 Å². The zero-order chi connectivity index (χ0) is 13.7. The summed E-state index contributed by atoms with van der Waals surface area (Å²) in [5.41, 5.74) is 7.81. The van der Waals surface area contributed by atoms with Crippen molar-refractivity contribution >= 4 is 29.7 Å². The molecule has 0 aliphatic rings. The Hall–Kier alpha value is -1.36. The Kier molecular flexibility index (Phi) is 6.71. The van der Waals surface area contributed by atoms with E-state index in [1.165, 1.54) is 16.0 Å². The Morgan fingerprint density at radius 2 is 2.00 bits per heavy atom. The Balaban J connectivity index is 0.00000200. The lowest BCUT2D eigenvalue weighted by atomic mass is 10.0. The summed E-state index contributed by atoms with van der Waals surface area (Å²) in [6.45, 7) is 2.09. The first-order valence-electron chi connectivity index (χ1n) is 6.28. The largest absolute Gasteiger partial charge is 0.347 e. The van der Waals surface area contributed by atoms with Crippen molar-refractivity contribution in [3.8, 4) is 0 Å². The van der Waals surface area contributed by atoms with Gasteiger partial charge in [-0.15, -0.1) is 23.7 Å². The van der Waals surface area contributed by atoms with Gasteiger partial charge in [0, 0.05) is 4.88 Å². The molecule has 1 amide bonds. The highest BCUT2D eigenvalue weighted by Gasteiger charge is 2.17. The molecule has 5 heteroatoms. The van der Waals surface area contributed by atoms with Crippen molar-refractivity contribution in [3.05, 3.63) is 57.8 Å². The van der Waals surface area contributed by atoms with Gasteiger partial charge in [-0.2, -0.15) is 0 Å². The predicted molar refractivity (Wildman–Crippen MR) is 86.4 cm³/mol. The van der Waals surface area contributed by atoms with E-state index in [9.17, 15) is 4.79 Å². The van der Waals surface area contributed by atoms with Gasteiger partial charge in [-0.25, -0.2) is 0 Å². The first-order valence-corrected chi connectivity index (χ1v) is 7.16. The summed E-state index contributed by atoms with van der Waals surface area (Å²) < 4.78 is 0. The number of amides is 1. The van der Waals surface area contributed by atoms with Gasteiger partial charge in [0.15, 0.2) is 0 Å². The third-order valence-corrected chi connectivity index (χ3v) is 4.15. The van der Waals surface area contributed by atoms with Gasteiger partial charge in [0.05, 0.1) is 12.6 Å². The Morgan fingerprint density at radius 3 is 2.55 bits per heavy atom. The summed E-state index contributed by atoms with van der Waals surface area (Å²) in [5.74, 6) is -0.117. The van der Waals surface area contributed by atoms with Crippen molar-refractivity contribution in [2.75, 3.05) is 6.54 Å². The lowest BCUT2D eigenvalue weighted by Crippen LogP contribution is -2.34. The molecule has 108 valence electrons. The minimum Gasteiger partial charge on any atom is -0.347 e. The number of thiophene rings is 1. The fourth-order valence-electron chi connectivity index (χ4n) is 2.05. The van der Waals surface area contributed by atoms with E-state index in [0.29, 0.717) is 0 Å². The van der Waals surface area contributed by atoms with Crippen LogP contribution in [0.1, 0.15) is 22.0 Å². The van der Waals surface area contributed by atoms with Crippen molar-refractivity contribution < 1.29 is 4.79 Å². The smallest absolute Gasteiger partial charge is 0.234 e. The van der Waals surface area contributed by atoms with Crippen LogP contribution >= 0.6 is 23.7 Å². The van der Waals surface area contributed by atoms with Crippen LogP contribution in [0.2, 0.25) is 0 Å². The number of carbonyl (C=O) groups excluding carboxylic acids is 1. The minimum absolute atomic E-state index is 0. The number of halogens is 1. The molecule has 0 aliphatic carbocycles. The molecule has 1 heterocycles. The number of rotatable bonds is 5. The summed E-state index contributed by atoms with van der Waals surface area (Å²) in [4.78, 5) is 12.8. The molecule has 1 unspecified atom stereocenters. The van der Waals surface area contributed by atoms with E-state index in [2.05, 4.69) is 35.8 Å². The Bertz CT molecular complexity index is 542. The highest BCUT2D eigenvalue weighted by Crippen LogP contribution is 2.26. The lowest BCUT2D eigenvalue weighted by molar-refractivity contribution is -0.120. The Labute approximate surface area is 129 Å². The van der Waals surface area contributed by atoms with Gasteiger partial charge in [0.1, 0.15) is 0 Å². The molecule has 0 saturated carbocycles. The van der Waals surface area contributed by atoms with Crippen LogP contribution in [0, 0.1) is 6.92 Å². The average molecular weight is 311 g/mol. The molecule has 1 aromatic carbocycles. The molecule has 0 aliphatic heterocycles. The quantitative estimate of drug-likeness (QED) is 0.892. The molecule has 20 heavy (non-hydrogen) atoms. The van der Waals surface area contributed by atoms with Crippen LogP contribution < -0.4 is 11.1 Å². The summed E-state index contributed by atoms with van der Waals surface area (Å²) >= 11 is 1.67. The van der Waals surface area contributed by atoms with Crippen LogP contribution in [0.4, 0.5) is 0 Å². The maximum atomic E-state index is 11.6. The summed E-state index contributed by atoms with van der Waals surface area (Å²) in [6.07, 6.45) is 0.786. The number of carbonyl (C=O) groups is 1. The molecule has 0 radical (unpaired) electrons. The number of nitrogens with one attached hydrogen (secondary N) is 1. The van der Waals surface area contributed by atoms with Gasteiger partial charge in [-0.05, 0) is 35.9 Å². The molecule has 0 bridgehead atoms. The number of benzene rings is 1. The fourth-order valence-corrected chi connectivity index (χ4v) is 3.03. The predicted octanol–water partition coefficient (Wildman–Crippen LogP) is 2.84. The van der Waals surface area contributed by atoms with Gasteiger partial charge in [-0.1, -0.05) is 30.3 Å². The number of hydrogen-bond acceptors (Lipinski definition) is 3. The third-order valence-electron chi connectivity index (χ3n) is 3.02. The Morgan fingerprint density at radius 1 is 1.30 bits per heavy atom. The van der Waals surface area contributed by atoms with Crippen LogP contribution in [0.5, 0.6) is 0 Å². The van der Waals surface area contributed by atoms with Crippen LogP contribution in [0.3, 0.4) is 0 Å². The molecular weight excluding hydrogens is 292 g/mol. The zero-order valence-electron chi connectivity index (χ0n) is 11.3. The maximum absolute atomic E-state index is 11.6. The standard InChI is InChI=1S/C15H18N2OS.ClH/c1-11-7-8-19-15(11)13(17-14(18)10-16)9-12-5-3-2-4-6-12;/h2-8,13H,9-10,16H2,1H3,(H,17,18);1H. The molecule has 0 fully saturated rings. The highest BCUT2D eigenvalue weighted by molar-refractivity contribution is 7.10. The van der Waals surface area contributed by atoms with Gasteiger partial charge >= 0.3 is 0 Å². The molecule has 0 saturated heterocycles. The van der Waals surface area contributed by atoms with Gasteiger partial charge in [-0.3, -0.25) is 4.79 Å². The topological polar surface area (TPSA) is 55.1 Å². The van der Waals surface area contributed by atoms with Crippen molar-refractivity contribution in [2.24, 2.45) is 5.73 Å². The van der Waals surface area contributed by atoms with E-state index < -0.39 is 0 Å². The van der Waals surface area contributed by atoms with E-state index in [1.807, 2.05) is 18.2 Å². The number of aryl methyl sites for hydroxylation is 1. The molecule has 0 spiro atoms. The molecular formula is C15H19ClN2OS. The van der Waals surface area contributed by atoms with Crippen LogP contribution in [-0.4, -0.2) is 12.5 Å². The second-order valence-electron chi connectivity index (χ2n) is 4.48. The molecule has 3 nitrogen and oxygen atoms in total. The van der Waals surface area contributed by atoms with E-state index >= 15 is 0 Å². The minimum atomic E-state index is -0.117. The maximum Gasteiger partial charge on any atom is 0.234 e. The van der Waals surface area contributed by atoms with Crippen LogP contribution in [0.25, 0.3) is 0 Å². The third kappa shape index (κ3) is 4.34. The number of nitrogens with two attached hydrogens (primary N) is 1. The first-order chi connectivity index (χ1) is 9.20. The van der Waals surface area contributed by atoms with Crippen LogP contribution in [-0.2, 0) is 11.2 Å². The van der Waals surface area contributed by atoms with Gasteiger partial charge in [0.25, 0.3) is 0 Å². The molecule has 1 aromatic heterocycles. The van der Waals surface area contributed by atoms with Crippen molar-refractivity contribution in [2.45, 2.75) is 19.4 Å².